The molecule has 8 heteroatoms. The van der Waals surface area contributed by atoms with E-state index in [9.17, 15) is 4.79 Å². The highest BCUT2D eigenvalue weighted by Gasteiger charge is 2.16. The molecule has 6 nitrogen and oxygen atoms in total. The first-order valence-electron chi connectivity index (χ1n) is 10.1. The van der Waals surface area contributed by atoms with Crippen molar-refractivity contribution in [2.45, 2.75) is 46.1 Å². The predicted octanol–water partition coefficient (Wildman–Crippen LogP) is 6.00. The average molecular weight is 507 g/mol. The van der Waals surface area contributed by atoms with E-state index < -0.39 is 0 Å². The van der Waals surface area contributed by atoms with Gasteiger partial charge in [-0.15, -0.1) is 0 Å². The molecule has 0 amide bonds. The van der Waals surface area contributed by atoms with Crippen molar-refractivity contribution in [3.05, 3.63) is 61.6 Å². The molecule has 3 aromatic rings. The van der Waals surface area contributed by atoms with Crippen LogP contribution in [0.3, 0.4) is 0 Å². The number of ether oxygens (including phenoxy) is 2. The maximum absolute atomic E-state index is 13.1. The van der Waals surface area contributed by atoms with E-state index >= 15 is 0 Å². The summed E-state index contributed by atoms with van der Waals surface area (Å²) in [4.78, 5) is 17.8. The fourth-order valence-electron chi connectivity index (χ4n) is 2.99. The first-order valence-corrected chi connectivity index (χ1v) is 11.2. The van der Waals surface area contributed by atoms with Gasteiger partial charge < -0.3 is 9.47 Å². The van der Waals surface area contributed by atoms with Gasteiger partial charge in [0.15, 0.2) is 11.5 Å². The molecular formula is C23H25BrClN3O3. The molecule has 1 aromatic heterocycles. The summed E-state index contributed by atoms with van der Waals surface area (Å²) in [5.41, 5.74) is 1.08. The average Bonchev–Trinajstić information content (AvgIpc) is 2.74. The molecule has 0 aliphatic heterocycles. The summed E-state index contributed by atoms with van der Waals surface area (Å²) in [5.74, 6) is 1.58. The van der Waals surface area contributed by atoms with Crippen molar-refractivity contribution in [1.29, 1.82) is 0 Å². The number of benzene rings is 2. The Kier molecular flexibility index (Phi) is 7.38. The predicted molar refractivity (Wildman–Crippen MR) is 129 cm³/mol. The Bertz CT molecular complexity index is 1190. The van der Waals surface area contributed by atoms with E-state index in [2.05, 4.69) is 26.0 Å². The van der Waals surface area contributed by atoms with Crippen LogP contribution in [0.4, 0.5) is 0 Å². The van der Waals surface area contributed by atoms with Crippen molar-refractivity contribution in [3.8, 4) is 11.5 Å². The molecule has 2 aromatic carbocycles. The van der Waals surface area contributed by atoms with Crippen LogP contribution in [0.2, 0.25) is 5.02 Å². The summed E-state index contributed by atoms with van der Waals surface area (Å²) in [6.07, 6.45) is 2.41. The molecular weight excluding hydrogens is 482 g/mol. The maximum Gasteiger partial charge on any atom is 0.282 e. The van der Waals surface area contributed by atoms with E-state index in [1.165, 1.54) is 4.68 Å². The largest absolute Gasteiger partial charge is 0.493 e. The molecule has 0 saturated carbocycles. The van der Waals surface area contributed by atoms with Gasteiger partial charge in [0.05, 0.1) is 35.4 Å². The molecule has 0 fully saturated rings. The molecule has 0 aliphatic rings. The van der Waals surface area contributed by atoms with Gasteiger partial charge in [-0.1, -0.05) is 48.3 Å². The van der Waals surface area contributed by atoms with Crippen molar-refractivity contribution >= 4 is 44.6 Å². The number of hydrogen-bond acceptors (Lipinski definition) is 5. The van der Waals surface area contributed by atoms with Crippen LogP contribution in [-0.2, 0) is 0 Å². The molecule has 0 N–H and O–H groups in total. The fourth-order valence-corrected chi connectivity index (χ4v) is 3.61. The van der Waals surface area contributed by atoms with Gasteiger partial charge in [0.1, 0.15) is 5.82 Å². The molecule has 3 rings (SSSR count). The number of hydrogen-bond donors (Lipinski definition) is 0. The van der Waals surface area contributed by atoms with Crippen LogP contribution in [0, 0.1) is 0 Å². The van der Waals surface area contributed by atoms with Gasteiger partial charge in [0.25, 0.3) is 5.56 Å². The molecule has 0 saturated heterocycles. The number of rotatable bonds is 7. The quantitative estimate of drug-likeness (QED) is 0.368. The number of halogens is 2. The highest BCUT2D eigenvalue weighted by Crippen LogP contribution is 2.37. The van der Waals surface area contributed by atoms with Gasteiger partial charge in [0, 0.05) is 10.4 Å². The first-order chi connectivity index (χ1) is 14.7. The standard InChI is InChI=1S/C23H25BrClN3O3/c1-6-14(4)31-21-18(25)9-15(10-20(21)30-5)12-26-28-22(13(2)3)27-19-8-7-16(24)11-17(19)23(28)29/h7-14H,6H2,1-5H3/t14-/m1/s1. The third kappa shape index (κ3) is 5.10. The fraction of sp³-hybridized carbons (Fsp3) is 0.348. The van der Waals surface area contributed by atoms with E-state index in [0.29, 0.717) is 38.8 Å². The zero-order valence-electron chi connectivity index (χ0n) is 18.1. The number of nitrogens with zero attached hydrogens (tertiary/aromatic N) is 3. The maximum atomic E-state index is 13.1. The molecule has 0 radical (unpaired) electrons. The number of methoxy groups -OCH3 is 1. The molecule has 0 aliphatic carbocycles. The van der Waals surface area contributed by atoms with Crippen LogP contribution in [0.1, 0.15) is 51.4 Å². The van der Waals surface area contributed by atoms with Gasteiger partial charge in [0.2, 0.25) is 0 Å². The minimum absolute atomic E-state index is 0.00101. The molecule has 1 heterocycles. The zero-order valence-corrected chi connectivity index (χ0v) is 20.5. The lowest BCUT2D eigenvalue weighted by Crippen LogP contribution is -2.23. The minimum atomic E-state index is -0.235. The molecule has 0 spiro atoms. The van der Waals surface area contributed by atoms with Crippen molar-refractivity contribution in [2.24, 2.45) is 5.10 Å². The van der Waals surface area contributed by atoms with Gasteiger partial charge >= 0.3 is 0 Å². The minimum Gasteiger partial charge on any atom is -0.493 e. The van der Waals surface area contributed by atoms with E-state index in [-0.39, 0.29) is 17.6 Å². The topological polar surface area (TPSA) is 65.7 Å². The number of aromatic nitrogens is 2. The van der Waals surface area contributed by atoms with Crippen LogP contribution in [0.25, 0.3) is 10.9 Å². The Hall–Kier alpha value is -2.38. The van der Waals surface area contributed by atoms with Crippen molar-refractivity contribution in [3.63, 3.8) is 0 Å². The molecule has 164 valence electrons. The Balaban J connectivity index is 2.09. The zero-order chi connectivity index (χ0) is 22.7. The summed E-state index contributed by atoms with van der Waals surface area (Å²) >= 11 is 9.86. The molecule has 0 unspecified atom stereocenters. The van der Waals surface area contributed by atoms with Gasteiger partial charge in [-0.25, -0.2) is 4.98 Å². The van der Waals surface area contributed by atoms with E-state index in [1.54, 1.807) is 31.5 Å². The van der Waals surface area contributed by atoms with Crippen molar-refractivity contribution < 1.29 is 9.47 Å². The lowest BCUT2D eigenvalue weighted by molar-refractivity contribution is 0.208. The molecule has 31 heavy (non-hydrogen) atoms. The second-order valence-electron chi connectivity index (χ2n) is 7.52. The lowest BCUT2D eigenvalue weighted by Gasteiger charge is -2.17. The van der Waals surface area contributed by atoms with E-state index in [0.717, 1.165) is 10.9 Å². The summed E-state index contributed by atoms with van der Waals surface area (Å²) < 4.78 is 13.5. The van der Waals surface area contributed by atoms with Gasteiger partial charge in [-0.05, 0) is 49.2 Å². The SMILES string of the molecule is CC[C@@H](C)Oc1c(Cl)cc(C=Nn2c(C(C)C)nc3ccc(Br)cc3c2=O)cc1OC. The summed E-state index contributed by atoms with van der Waals surface area (Å²) in [6.45, 7) is 7.95. The van der Waals surface area contributed by atoms with Crippen LogP contribution >= 0.6 is 27.5 Å². The Morgan fingerprint density at radius 2 is 2.00 bits per heavy atom. The Morgan fingerprint density at radius 3 is 2.65 bits per heavy atom. The third-order valence-electron chi connectivity index (χ3n) is 4.82. The number of fused-ring (bicyclic) bond motifs is 1. The Morgan fingerprint density at radius 1 is 1.26 bits per heavy atom. The normalized spacial score (nSPS) is 12.6. The second kappa shape index (κ2) is 9.83. The van der Waals surface area contributed by atoms with Crippen LogP contribution in [0.15, 0.2) is 44.7 Å². The third-order valence-corrected chi connectivity index (χ3v) is 5.59. The smallest absolute Gasteiger partial charge is 0.282 e. The summed E-state index contributed by atoms with van der Waals surface area (Å²) in [7, 11) is 1.56. The monoisotopic (exact) mass is 505 g/mol. The summed E-state index contributed by atoms with van der Waals surface area (Å²) in [5, 5.41) is 5.35. The summed E-state index contributed by atoms with van der Waals surface area (Å²) in [6, 6.07) is 8.95. The van der Waals surface area contributed by atoms with Crippen molar-refractivity contribution in [2.75, 3.05) is 7.11 Å². The second-order valence-corrected chi connectivity index (χ2v) is 8.84. The van der Waals surface area contributed by atoms with Crippen LogP contribution < -0.4 is 15.0 Å². The van der Waals surface area contributed by atoms with Crippen molar-refractivity contribution in [1.82, 2.24) is 9.66 Å². The Labute approximate surface area is 195 Å². The first kappa shape index (κ1) is 23.3. The lowest BCUT2D eigenvalue weighted by atomic mass is 10.2. The molecule has 0 bridgehead atoms. The van der Waals surface area contributed by atoms with E-state index in [4.69, 9.17) is 21.1 Å². The van der Waals surface area contributed by atoms with E-state index in [1.807, 2.05) is 39.8 Å². The van der Waals surface area contributed by atoms with Crippen LogP contribution in [0.5, 0.6) is 11.5 Å². The highest BCUT2D eigenvalue weighted by atomic mass is 79.9. The molecule has 1 atom stereocenters. The van der Waals surface area contributed by atoms with Crippen LogP contribution in [-0.4, -0.2) is 29.1 Å². The van der Waals surface area contributed by atoms with Gasteiger partial charge in [-0.2, -0.15) is 9.78 Å². The highest BCUT2D eigenvalue weighted by molar-refractivity contribution is 9.10. The van der Waals surface area contributed by atoms with Gasteiger partial charge in [-0.3, -0.25) is 4.79 Å².